The summed E-state index contributed by atoms with van der Waals surface area (Å²) in [6.07, 6.45) is 0. The lowest BCUT2D eigenvalue weighted by Crippen LogP contribution is -2.05. The van der Waals surface area contributed by atoms with Crippen molar-refractivity contribution in [1.29, 1.82) is 0 Å². The molecule has 0 fully saturated rings. The number of nitrogens with zero attached hydrogens (tertiary/aromatic N) is 2. The van der Waals surface area contributed by atoms with E-state index in [2.05, 4.69) is 5.10 Å². The Hall–Kier alpha value is -2.30. The molecular weight excluding hydrogens is 218 g/mol. The zero-order valence-electron chi connectivity index (χ0n) is 9.64. The molecule has 0 aliphatic rings. The number of aromatic nitrogens is 2. The van der Waals surface area contributed by atoms with E-state index in [1.807, 2.05) is 32.0 Å². The zero-order valence-corrected chi connectivity index (χ0v) is 9.64. The highest BCUT2D eigenvalue weighted by Crippen LogP contribution is 2.19. The molecular formula is C12H13N3O2. The van der Waals surface area contributed by atoms with E-state index in [1.165, 1.54) is 10.7 Å². The molecule has 0 radical (unpaired) electrons. The van der Waals surface area contributed by atoms with Crippen LogP contribution in [-0.4, -0.2) is 20.9 Å². The topological polar surface area (TPSA) is 81.1 Å². The summed E-state index contributed by atoms with van der Waals surface area (Å²) >= 11 is 0. The van der Waals surface area contributed by atoms with Gasteiger partial charge in [-0.2, -0.15) is 5.10 Å². The minimum atomic E-state index is -1.08. The molecule has 1 heterocycles. The van der Waals surface area contributed by atoms with E-state index in [1.54, 1.807) is 0 Å². The van der Waals surface area contributed by atoms with Crippen molar-refractivity contribution in [2.45, 2.75) is 13.8 Å². The van der Waals surface area contributed by atoms with E-state index in [4.69, 9.17) is 10.8 Å². The Morgan fingerprint density at radius 3 is 2.59 bits per heavy atom. The molecule has 5 heteroatoms. The van der Waals surface area contributed by atoms with Crippen molar-refractivity contribution >= 4 is 11.8 Å². The first kappa shape index (κ1) is 11.2. The van der Waals surface area contributed by atoms with Crippen molar-refractivity contribution in [2.75, 3.05) is 5.73 Å². The second-order valence-corrected chi connectivity index (χ2v) is 3.96. The number of carboxylic acids is 1. The molecule has 0 aliphatic carbocycles. The quantitative estimate of drug-likeness (QED) is 0.825. The first-order valence-electron chi connectivity index (χ1n) is 5.15. The SMILES string of the molecule is Cc1ccc(-n2nc(C(=O)O)cc2N)c(C)c1. The average molecular weight is 231 g/mol. The highest BCUT2D eigenvalue weighted by Gasteiger charge is 2.13. The van der Waals surface area contributed by atoms with Crippen LogP contribution in [0.4, 0.5) is 5.82 Å². The standard InChI is InChI=1S/C12H13N3O2/c1-7-3-4-10(8(2)5-7)15-11(13)6-9(14-15)12(16)17/h3-6H,13H2,1-2H3,(H,16,17). The molecule has 88 valence electrons. The number of hydrogen-bond donors (Lipinski definition) is 2. The maximum Gasteiger partial charge on any atom is 0.356 e. The number of aryl methyl sites for hydroxylation is 2. The van der Waals surface area contributed by atoms with Gasteiger partial charge in [-0.3, -0.25) is 0 Å². The van der Waals surface area contributed by atoms with E-state index in [0.717, 1.165) is 16.8 Å². The molecule has 0 bridgehead atoms. The lowest BCUT2D eigenvalue weighted by Gasteiger charge is -2.08. The van der Waals surface area contributed by atoms with Gasteiger partial charge < -0.3 is 10.8 Å². The number of aromatic carboxylic acids is 1. The summed E-state index contributed by atoms with van der Waals surface area (Å²) in [5, 5.41) is 12.8. The second-order valence-electron chi connectivity index (χ2n) is 3.96. The molecule has 1 aromatic carbocycles. The minimum absolute atomic E-state index is 0.0533. The molecule has 1 aromatic heterocycles. The van der Waals surface area contributed by atoms with Crippen LogP contribution in [0.15, 0.2) is 24.3 Å². The third-order valence-corrected chi connectivity index (χ3v) is 2.54. The van der Waals surface area contributed by atoms with Crippen LogP contribution in [0.2, 0.25) is 0 Å². The van der Waals surface area contributed by atoms with Crippen LogP contribution in [0.3, 0.4) is 0 Å². The third kappa shape index (κ3) is 1.99. The summed E-state index contributed by atoms with van der Waals surface area (Å²) in [5.74, 6) is -0.769. The predicted molar refractivity (Wildman–Crippen MR) is 64.4 cm³/mol. The van der Waals surface area contributed by atoms with Crippen LogP contribution in [0.5, 0.6) is 0 Å². The molecule has 0 saturated heterocycles. The van der Waals surface area contributed by atoms with Gasteiger partial charge in [-0.05, 0) is 25.5 Å². The van der Waals surface area contributed by atoms with Crippen LogP contribution in [0, 0.1) is 13.8 Å². The van der Waals surface area contributed by atoms with Gasteiger partial charge in [0, 0.05) is 6.07 Å². The van der Waals surface area contributed by atoms with Gasteiger partial charge in [0.2, 0.25) is 0 Å². The monoisotopic (exact) mass is 231 g/mol. The molecule has 17 heavy (non-hydrogen) atoms. The molecule has 2 aromatic rings. The first-order valence-corrected chi connectivity index (χ1v) is 5.15. The van der Waals surface area contributed by atoms with Gasteiger partial charge in [-0.25, -0.2) is 9.48 Å². The number of anilines is 1. The maximum atomic E-state index is 10.8. The Morgan fingerprint density at radius 1 is 1.35 bits per heavy atom. The van der Waals surface area contributed by atoms with Crippen LogP contribution in [0.1, 0.15) is 21.6 Å². The van der Waals surface area contributed by atoms with E-state index in [9.17, 15) is 4.79 Å². The lowest BCUT2D eigenvalue weighted by atomic mass is 10.1. The number of nitrogen functional groups attached to an aromatic ring is 1. The summed E-state index contributed by atoms with van der Waals surface area (Å²) in [7, 11) is 0. The minimum Gasteiger partial charge on any atom is -0.476 e. The Balaban J connectivity index is 2.56. The van der Waals surface area contributed by atoms with Crippen molar-refractivity contribution < 1.29 is 9.90 Å². The van der Waals surface area contributed by atoms with E-state index < -0.39 is 5.97 Å². The van der Waals surface area contributed by atoms with Crippen molar-refractivity contribution in [2.24, 2.45) is 0 Å². The highest BCUT2D eigenvalue weighted by molar-refractivity contribution is 5.86. The highest BCUT2D eigenvalue weighted by atomic mass is 16.4. The van der Waals surface area contributed by atoms with Gasteiger partial charge >= 0.3 is 5.97 Å². The Labute approximate surface area is 98.5 Å². The van der Waals surface area contributed by atoms with Crippen LogP contribution < -0.4 is 5.73 Å². The van der Waals surface area contributed by atoms with Crippen molar-refractivity contribution in [3.05, 3.63) is 41.1 Å². The molecule has 5 nitrogen and oxygen atoms in total. The van der Waals surface area contributed by atoms with Gasteiger partial charge in [0.05, 0.1) is 5.69 Å². The largest absolute Gasteiger partial charge is 0.476 e. The van der Waals surface area contributed by atoms with E-state index in [-0.39, 0.29) is 5.69 Å². The van der Waals surface area contributed by atoms with Gasteiger partial charge in [0.15, 0.2) is 5.69 Å². The molecule has 0 amide bonds. The number of carbonyl (C=O) groups is 1. The van der Waals surface area contributed by atoms with E-state index >= 15 is 0 Å². The predicted octanol–water partition coefficient (Wildman–Crippen LogP) is 1.77. The van der Waals surface area contributed by atoms with Crippen LogP contribution >= 0.6 is 0 Å². The number of nitrogens with two attached hydrogens (primary N) is 1. The van der Waals surface area contributed by atoms with Crippen LogP contribution in [0.25, 0.3) is 5.69 Å². The van der Waals surface area contributed by atoms with Crippen LogP contribution in [-0.2, 0) is 0 Å². The van der Waals surface area contributed by atoms with Crippen molar-refractivity contribution in [3.63, 3.8) is 0 Å². The Kier molecular flexibility index (Phi) is 2.59. The summed E-state index contributed by atoms with van der Waals surface area (Å²) in [6.45, 7) is 3.93. The normalized spacial score (nSPS) is 10.5. The summed E-state index contributed by atoms with van der Waals surface area (Å²) < 4.78 is 1.44. The van der Waals surface area contributed by atoms with Crippen molar-refractivity contribution in [1.82, 2.24) is 9.78 Å². The molecule has 0 aliphatic heterocycles. The molecule has 3 N–H and O–H groups in total. The zero-order chi connectivity index (χ0) is 12.6. The van der Waals surface area contributed by atoms with Gasteiger partial charge in [0.1, 0.15) is 5.82 Å². The fraction of sp³-hybridized carbons (Fsp3) is 0.167. The average Bonchev–Trinajstić information content (AvgIpc) is 2.61. The second kappa shape index (κ2) is 3.93. The van der Waals surface area contributed by atoms with Gasteiger partial charge in [-0.15, -0.1) is 0 Å². The Morgan fingerprint density at radius 2 is 2.06 bits per heavy atom. The van der Waals surface area contributed by atoms with E-state index in [0.29, 0.717) is 5.82 Å². The number of rotatable bonds is 2. The lowest BCUT2D eigenvalue weighted by molar-refractivity contribution is 0.0690. The van der Waals surface area contributed by atoms with Crippen molar-refractivity contribution in [3.8, 4) is 5.69 Å². The number of carboxylic acid groups (broad SMARTS) is 1. The molecule has 0 spiro atoms. The van der Waals surface area contributed by atoms with Gasteiger partial charge in [-0.1, -0.05) is 17.7 Å². The molecule has 0 unspecified atom stereocenters. The fourth-order valence-corrected chi connectivity index (χ4v) is 1.74. The summed E-state index contributed by atoms with van der Waals surface area (Å²) in [6, 6.07) is 7.15. The summed E-state index contributed by atoms with van der Waals surface area (Å²) in [4.78, 5) is 10.8. The number of hydrogen-bond acceptors (Lipinski definition) is 3. The molecule has 2 rings (SSSR count). The molecule has 0 atom stereocenters. The fourth-order valence-electron chi connectivity index (χ4n) is 1.74. The smallest absolute Gasteiger partial charge is 0.356 e. The van der Waals surface area contributed by atoms with Gasteiger partial charge in [0.25, 0.3) is 0 Å². The Bertz CT molecular complexity index is 587. The summed E-state index contributed by atoms with van der Waals surface area (Å²) in [5.41, 5.74) is 8.63. The number of benzene rings is 1. The maximum absolute atomic E-state index is 10.8. The molecule has 0 saturated carbocycles. The third-order valence-electron chi connectivity index (χ3n) is 2.54. The first-order chi connectivity index (χ1) is 7.99.